The van der Waals surface area contributed by atoms with Gasteiger partial charge in [0.2, 0.25) is 0 Å². The SMILES string of the molecule is COC(=O)OC1C[C@H]2OC[C@@]2(OC(C)=O)C2[C@H](OCc3ccccc3)[C@]3(O)C[C@H](OC(=O)[C@H](O)[C@@H](NC(=O)OC(C)(C)C)c4cccs4)C(C)=C([C@@H](O)C(=O)[C@]12C)C3(C)C. The number of esters is 2. The molecule has 2 aromatic rings. The molecule has 0 spiro atoms. The summed E-state index contributed by atoms with van der Waals surface area (Å²) in [6, 6.07) is 11.0. The number of hydrogen-bond donors (Lipinski definition) is 4. The van der Waals surface area contributed by atoms with Crippen molar-refractivity contribution in [1.29, 1.82) is 0 Å². The van der Waals surface area contributed by atoms with Crippen molar-refractivity contribution in [1.82, 2.24) is 5.32 Å². The maximum absolute atomic E-state index is 15.3. The zero-order chi connectivity index (χ0) is 44.2. The van der Waals surface area contributed by atoms with Gasteiger partial charge in [0.25, 0.3) is 0 Å². The van der Waals surface area contributed by atoms with Crippen LogP contribution in [0.2, 0.25) is 0 Å². The van der Waals surface area contributed by atoms with Gasteiger partial charge in [0.1, 0.15) is 41.7 Å². The van der Waals surface area contributed by atoms with E-state index >= 15 is 4.79 Å². The molecule has 1 aromatic carbocycles. The van der Waals surface area contributed by atoms with Gasteiger partial charge in [0.05, 0.1) is 31.8 Å². The highest BCUT2D eigenvalue weighted by atomic mass is 32.1. The third-order valence-electron chi connectivity index (χ3n) is 12.7. The summed E-state index contributed by atoms with van der Waals surface area (Å²) in [7, 11) is 1.10. The molecule has 4 N–H and O–H groups in total. The van der Waals surface area contributed by atoms with Gasteiger partial charge in [-0.25, -0.2) is 14.4 Å². The van der Waals surface area contributed by atoms with Crippen LogP contribution in [-0.4, -0.2) is 112 Å². The number of Topliss-reactive ketones (excluding diaryl/α,β-unsaturated/α-hetero) is 1. The molecule has 17 heteroatoms. The first-order chi connectivity index (χ1) is 28.0. The molecule has 3 aliphatic carbocycles. The number of ketones is 1. The van der Waals surface area contributed by atoms with Gasteiger partial charge in [-0.05, 0) is 62.8 Å². The predicted octanol–water partition coefficient (Wildman–Crippen LogP) is 4.47. The monoisotopic (exact) mass is 857 g/mol. The predicted molar refractivity (Wildman–Crippen MR) is 212 cm³/mol. The van der Waals surface area contributed by atoms with Gasteiger partial charge in [-0.3, -0.25) is 9.59 Å². The Hall–Kier alpha value is -4.39. The summed E-state index contributed by atoms with van der Waals surface area (Å²) in [5.74, 6) is -4.12. The lowest BCUT2D eigenvalue weighted by Crippen LogP contribution is -2.82. The Balaban J connectivity index is 1.50. The summed E-state index contributed by atoms with van der Waals surface area (Å²) < 4.78 is 41.0. The highest BCUT2D eigenvalue weighted by molar-refractivity contribution is 7.10. The fourth-order valence-corrected chi connectivity index (χ4v) is 10.5. The number of carbonyl (C=O) groups is 5. The molecule has 2 heterocycles. The number of fused-ring (bicyclic) bond motifs is 5. The molecule has 1 aromatic heterocycles. The largest absolute Gasteiger partial charge is 0.508 e. The Bertz CT molecular complexity index is 1990. The summed E-state index contributed by atoms with van der Waals surface area (Å²) in [5, 5.41) is 41.9. The number of nitrogens with one attached hydrogen (secondary N) is 1. The first kappa shape index (κ1) is 45.1. The number of aliphatic hydroxyl groups is 3. The van der Waals surface area contributed by atoms with Gasteiger partial charge in [0, 0.05) is 36.0 Å². The molecular weight excluding hydrogens is 803 g/mol. The van der Waals surface area contributed by atoms with Crippen molar-refractivity contribution < 1.29 is 72.5 Å². The zero-order valence-electron chi connectivity index (χ0n) is 35.2. The average Bonchev–Trinajstić information content (AvgIpc) is 3.70. The van der Waals surface area contributed by atoms with Gasteiger partial charge in [-0.2, -0.15) is 0 Å². The van der Waals surface area contributed by atoms with Crippen molar-refractivity contribution in [2.45, 2.75) is 134 Å². The van der Waals surface area contributed by atoms with E-state index in [1.165, 1.54) is 25.2 Å². The first-order valence-electron chi connectivity index (χ1n) is 19.8. The fourth-order valence-electron chi connectivity index (χ4n) is 9.71. The van der Waals surface area contributed by atoms with E-state index < -0.39 is 113 Å². The van der Waals surface area contributed by atoms with Crippen molar-refractivity contribution in [3.05, 3.63) is 69.4 Å². The minimum absolute atomic E-state index is 0.00792. The number of hydrogen-bond acceptors (Lipinski definition) is 16. The molecule has 6 rings (SSSR count). The molecule has 0 radical (unpaired) electrons. The number of rotatable bonds is 10. The van der Waals surface area contributed by atoms with Gasteiger partial charge in [0.15, 0.2) is 17.5 Å². The number of thiophene rings is 1. The second kappa shape index (κ2) is 16.5. The lowest BCUT2D eigenvalue weighted by molar-refractivity contribution is -0.351. The molecule has 2 unspecified atom stereocenters. The van der Waals surface area contributed by atoms with Crippen molar-refractivity contribution in [3.8, 4) is 0 Å². The Labute approximate surface area is 352 Å². The number of benzene rings is 1. The number of methoxy groups -OCH3 is 1. The molecule has 328 valence electrons. The Morgan fingerprint density at radius 1 is 1.05 bits per heavy atom. The number of ether oxygens (including phenoxy) is 7. The van der Waals surface area contributed by atoms with E-state index in [2.05, 4.69) is 5.32 Å². The third kappa shape index (κ3) is 7.84. The number of carbonyl (C=O) groups excluding carboxylic acids is 5. The van der Waals surface area contributed by atoms with E-state index in [0.717, 1.165) is 7.11 Å². The van der Waals surface area contributed by atoms with Gasteiger partial charge in [-0.1, -0.05) is 50.2 Å². The van der Waals surface area contributed by atoms with Crippen LogP contribution in [0, 0.1) is 16.7 Å². The molecule has 16 nitrogen and oxygen atoms in total. The number of aliphatic hydroxyl groups excluding tert-OH is 2. The quantitative estimate of drug-likeness (QED) is 0.147. The van der Waals surface area contributed by atoms with Crippen LogP contribution in [0.1, 0.15) is 84.7 Å². The van der Waals surface area contributed by atoms with Crippen LogP contribution in [0.4, 0.5) is 9.59 Å². The Morgan fingerprint density at radius 3 is 2.30 bits per heavy atom. The second-order valence-electron chi connectivity index (χ2n) is 17.7. The molecule has 1 aliphatic heterocycles. The van der Waals surface area contributed by atoms with Crippen molar-refractivity contribution in [2.24, 2.45) is 16.7 Å². The molecule has 3 fully saturated rings. The molecule has 4 aliphatic rings. The third-order valence-corrected chi connectivity index (χ3v) is 13.6. The molecule has 1 amide bonds. The summed E-state index contributed by atoms with van der Waals surface area (Å²) in [6.07, 6.45) is -11.7. The van der Waals surface area contributed by atoms with Crippen molar-refractivity contribution >= 4 is 41.3 Å². The molecule has 1 saturated heterocycles. The summed E-state index contributed by atoms with van der Waals surface area (Å²) in [4.78, 5) is 68.6. The fraction of sp³-hybridized carbons (Fsp3) is 0.605. The van der Waals surface area contributed by atoms with Crippen molar-refractivity contribution in [2.75, 3.05) is 13.7 Å². The Morgan fingerprint density at radius 2 is 1.73 bits per heavy atom. The van der Waals surface area contributed by atoms with Crippen LogP contribution >= 0.6 is 11.3 Å². The Kier molecular flexibility index (Phi) is 12.4. The lowest BCUT2D eigenvalue weighted by Gasteiger charge is -2.67. The van der Waals surface area contributed by atoms with E-state index in [4.69, 9.17) is 33.2 Å². The van der Waals surface area contributed by atoms with Crippen LogP contribution in [0.25, 0.3) is 0 Å². The van der Waals surface area contributed by atoms with E-state index in [9.17, 15) is 34.5 Å². The van der Waals surface area contributed by atoms with E-state index in [1.807, 2.05) is 6.07 Å². The van der Waals surface area contributed by atoms with E-state index in [-0.39, 0.29) is 30.8 Å². The molecular formula is C43H55NO15S. The van der Waals surface area contributed by atoms with Gasteiger partial charge >= 0.3 is 24.2 Å². The normalized spacial score (nSPS) is 33.0. The van der Waals surface area contributed by atoms with Crippen LogP contribution < -0.4 is 5.32 Å². The maximum atomic E-state index is 15.3. The highest BCUT2D eigenvalue weighted by Gasteiger charge is 2.78. The van der Waals surface area contributed by atoms with E-state index in [1.54, 1.807) is 83.3 Å². The van der Waals surface area contributed by atoms with Crippen LogP contribution in [0.5, 0.6) is 0 Å². The summed E-state index contributed by atoms with van der Waals surface area (Å²) in [5.41, 5.74) is -7.27. The van der Waals surface area contributed by atoms with Gasteiger partial charge in [-0.15, -0.1) is 11.3 Å². The zero-order valence-corrected chi connectivity index (χ0v) is 36.0. The number of alkyl carbamates (subject to hydrolysis) is 1. The second-order valence-corrected chi connectivity index (χ2v) is 18.7. The van der Waals surface area contributed by atoms with Gasteiger partial charge < -0.3 is 53.8 Å². The smallest absolute Gasteiger partial charge is 0.456 e. The van der Waals surface area contributed by atoms with Crippen LogP contribution in [0.15, 0.2) is 59.0 Å². The molecule has 11 atom stereocenters. The minimum Gasteiger partial charge on any atom is -0.456 e. The van der Waals surface area contributed by atoms with E-state index in [0.29, 0.717) is 10.4 Å². The topological polar surface area (TPSA) is 223 Å². The average molecular weight is 858 g/mol. The van der Waals surface area contributed by atoms with Crippen LogP contribution in [-0.2, 0) is 54.1 Å². The summed E-state index contributed by atoms with van der Waals surface area (Å²) in [6.45, 7) is 12.1. The molecule has 2 bridgehead atoms. The first-order valence-corrected chi connectivity index (χ1v) is 20.7. The standard InChI is InChI=1S/C43H55NO15S/c1-22-25(56-36(49)32(47)30(26-16-13-17-60-26)44-37(50)59-39(3,4)5)19-43(52)35(54-20-24-14-11-10-12-15-24)33-41(8,34(48)31(46)29(22)40(43,6)7)27(57-38(51)53-9)18-28-42(33,21-55-28)58-23(2)45/h10-17,25,27-28,30-33,35,46-47,52H,18-21H2,1-9H3,(H,44,50)/t25-,27?,28+,30-,31+,32+,33?,35-,41+,42-,43+/m0/s1. The molecule has 2 saturated carbocycles. The number of amides is 1. The van der Waals surface area contributed by atoms with Crippen molar-refractivity contribution in [3.63, 3.8) is 0 Å². The highest BCUT2D eigenvalue weighted by Crippen LogP contribution is 2.64. The lowest BCUT2D eigenvalue weighted by atomic mass is 9.44. The summed E-state index contributed by atoms with van der Waals surface area (Å²) >= 11 is 1.17. The van der Waals surface area contributed by atoms with Crippen LogP contribution in [0.3, 0.4) is 0 Å². The maximum Gasteiger partial charge on any atom is 0.508 e. The minimum atomic E-state index is -2.18. The molecule has 60 heavy (non-hydrogen) atoms.